The summed E-state index contributed by atoms with van der Waals surface area (Å²) in [5.41, 5.74) is -0.666. The molecule has 1 heterocycles. The predicted molar refractivity (Wildman–Crippen MR) is 83.8 cm³/mol. The van der Waals surface area contributed by atoms with Crippen LogP contribution in [0.5, 0.6) is 0 Å². The van der Waals surface area contributed by atoms with Crippen LogP contribution in [0.2, 0.25) is 0 Å². The van der Waals surface area contributed by atoms with Crippen molar-refractivity contribution in [1.82, 2.24) is 0 Å². The van der Waals surface area contributed by atoms with E-state index in [0.717, 1.165) is 31.4 Å². The zero-order chi connectivity index (χ0) is 15.3. The topological polar surface area (TPSA) is 40.5 Å². The van der Waals surface area contributed by atoms with Crippen LogP contribution in [0.4, 0.5) is 5.69 Å². The first-order valence-electron chi connectivity index (χ1n) is 7.99. The molecule has 0 spiro atoms. The fourth-order valence-electron chi connectivity index (χ4n) is 4.20. The molecule has 2 aliphatic rings. The molecule has 21 heavy (non-hydrogen) atoms. The molecule has 2 fully saturated rings. The number of carbonyl (C=O) groups is 1. The Kier molecular flexibility index (Phi) is 3.36. The lowest BCUT2D eigenvalue weighted by Gasteiger charge is -2.47. The van der Waals surface area contributed by atoms with Gasteiger partial charge < -0.3 is 5.11 Å². The molecule has 1 amide bonds. The van der Waals surface area contributed by atoms with Gasteiger partial charge in [-0.25, -0.2) is 0 Å². The monoisotopic (exact) mass is 287 g/mol. The minimum Gasteiger partial charge on any atom is -0.370 e. The molecule has 0 bridgehead atoms. The van der Waals surface area contributed by atoms with Crippen LogP contribution >= 0.6 is 0 Å². The molecule has 1 N–H and O–H groups in total. The Bertz CT molecular complexity index is 534. The van der Waals surface area contributed by atoms with Crippen LogP contribution in [-0.2, 0) is 4.79 Å². The van der Waals surface area contributed by atoms with Gasteiger partial charge in [0.05, 0.1) is 0 Å². The van der Waals surface area contributed by atoms with Crippen molar-refractivity contribution in [3.8, 4) is 0 Å². The van der Waals surface area contributed by atoms with Crippen LogP contribution < -0.4 is 4.90 Å². The van der Waals surface area contributed by atoms with Crippen molar-refractivity contribution in [3.63, 3.8) is 0 Å². The van der Waals surface area contributed by atoms with Crippen molar-refractivity contribution in [3.05, 3.63) is 30.3 Å². The van der Waals surface area contributed by atoms with Crippen molar-refractivity contribution in [2.24, 2.45) is 17.3 Å². The fourth-order valence-corrected chi connectivity index (χ4v) is 4.20. The number of fused-ring (bicyclic) bond motifs is 1. The highest BCUT2D eigenvalue weighted by molar-refractivity contribution is 5.99. The number of carbonyl (C=O) groups excluding carboxylic acids is 1. The van der Waals surface area contributed by atoms with Crippen LogP contribution in [0.25, 0.3) is 0 Å². The maximum atomic E-state index is 13.0. The lowest BCUT2D eigenvalue weighted by atomic mass is 9.68. The van der Waals surface area contributed by atoms with Gasteiger partial charge in [-0.2, -0.15) is 0 Å². The Balaban J connectivity index is 2.13. The minimum atomic E-state index is -1.10. The Labute approximate surface area is 127 Å². The molecule has 3 rings (SSSR count). The zero-order valence-electron chi connectivity index (χ0n) is 13.2. The quantitative estimate of drug-likeness (QED) is 0.857. The molecule has 0 radical (unpaired) electrons. The Morgan fingerprint density at radius 3 is 2.38 bits per heavy atom. The summed E-state index contributed by atoms with van der Waals surface area (Å²) < 4.78 is 0. The molecule has 0 unspecified atom stereocenters. The minimum absolute atomic E-state index is 0.0248. The highest BCUT2D eigenvalue weighted by atomic mass is 16.3. The van der Waals surface area contributed by atoms with Crippen LogP contribution in [0.1, 0.15) is 46.5 Å². The highest BCUT2D eigenvalue weighted by Gasteiger charge is 2.63. The second kappa shape index (κ2) is 4.84. The molecule has 3 atom stereocenters. The SMILES string of the molecule is CC(C)(C)[C@]1(O)[C@H]2CCCC[C@@H]2C(=O)N1c1ccccc1. The zero-order valence-corrected chi connectivity index (χ0v) is 13.2. The maximum Gasteiger partial charge on any atom is 0.232 e. The van der Waals surface area contributed by atoms with E-state index in [9.17, 15) is 9.90 Å². The van der Waals surface area contributed by atoms with Crippen molar-refractivity contribution >= 4 is 11.6 Å². The van der Waals surface area contributed by atoms with Crippen molar-refractivity contribution in [1.29, 1.82) is 0 Å². The number of hydrogen-bond donors (Lipinski definition) is 1. The van der Waals surface area contributed by atoms with Crippen molar-refractivity contribution in [2.45, 2.75) is 52.2 Å². The summed E-state index contributed by atoms with van der Waals surface area (Å²) in [5.74, 6) is 0.116. The average molecular weight is 287 g/mol. The summed E-state index contributed by atoms with van der Waals surface area (Å²) in [7, 11) is 0. The largest absolute Gasteiger partial charge is 0.370 e. The molecular formula is C18H25NO2. The molecule has 3 nitrogen and oxygen atoms in total. The number of rotatable bonds is 1. The number of aliphatic hydroxyl groups is 1. The van der Waals surface area contributed by atoms with Gasteiger partial charge in [-0.05, 0) is 25.0 Å². The van der Waals surface area contributed by atoms with Gasteiger partial charge in [-0.15, -0.1) is 0 Å². The van der Waals surface area contributed by atoms with Crippen LogP contribution in [0.3, 0.4) is 0 Å². The Morgan fingerprint density at radius 1 is 1.14 bits per heavy atom. The van der Waals surface area contributed by atoms with E-state index in [1.807, 2.05) is 51.1 Å². The number of anilines is 1. The molecule has 1 saturated heterocycles. The third-order valence-electron chi connectivity index (χ3n) is 5.28. The standard InChI is InChI=1S/C18H25NO2/c1-17(2,3)18(21)15-12-8-7-11-14(15)16(20)19(18)13-9-5-4-6-10-13/h4-6,9-10,14-15,21H,7-8,11-12H2,1-3H3/t14-,15-,18+/m0/s1. The molecule has 1 aromatic carbocycles. The smallest absolute Gasteiger partial charge is 0.232 e. The molecule has 1 aliphatic carbocycles. The molecule has 3 heteroatoms. The number of benzene rings is 1. The van der Waals surface area contributed by atoms with Gasteiger partial charge in [0.1, 0.15) is 0 Å². The number of para-hydroxylation sites is 1. The lowest BCUT2D eigenvalue weighted by molar-refractivity contribution is -0.122. The number of nitrogens with zero attached hydrogens (tertiary/aromatic N) is 1. The number of hydrogen-bond acceptors (Lipinski definition) is 2. The normalized spacial score (nSPS) is 33.1. The Hall–Kier alpha value is -1.35. The first-order chi connectivity index (χ1) is 9.87. The summed E-state index contributed by atoms with van der Waals surface area (Å²) in [6, 6.07) is 9.63. The van der Waals surface area contributed by atoms with E-state index in [-0.39, 0.29) is 23.2 Å². The van der Waals surface area contributed by atoms with Crippen LogP contribution in [-0.4, -0.2) is 16.7 Å². The average Bonchev–Trinajstić information content (AvgIpc) is 2.70. The second-order valence-electron chi connectivity index (χ2n) is 7.48. The first-order valence-corrected chi connectivity index (χ1v) is 7.99. The molecular weight excluding hydrogens is 262 g/mol. The van der Waals surface area contributed by atoms with Gasteiger partial charge in [0.15, 0.2) is 5.72 Å². The van der Waals surface area contributed by atoms with Crippen molar-refractivity contribution in [2.75, 3.05) is 4.90 Å². The van der Waals surface area contributed by atoms with Gasteiger partial charge in [0.25, 0.3) is 0 Å². The number of amides is 1. The van der Waals surface area contributed by atoms with E-state index < -0.39 is 5.72 Å². The highest BCUT2D eigenvalue weighted by Crippen LogP contribution is 2.54. The van der Waals surface area contributed by atoms with Gasteiger partial charge in [0.2, 0.25) is 5.91 Å². The van der Waals surface area contributed by atoms with E-state index in [1.165, 1.54) is 0 Å². The van der Waals surface area contributed by atoms with E-state index in [4.69, 9.17) is 0 Å². The van der Waals surface area contributed by atoms with Crippen LogP contribution in [0, 0.1) is 17.3 Å². The van der Waals surface area contributed by atoms with E-state index in [1.54, 1.807) is 4.90 Å². The van der Waals surface area contributed by atoms with E-state index in [0.29, 0.717) is 0 Å². The summed E-state index contributed by atoms with van der Waals surface area (Å²) in [5, 5.41) is 11.6. The van der Waals surface area contributed by atoms with Gasteiger partial charge in [-0.3, -0.25) is 9.69 Å². The van der Waals surface area contributed by atoms with E-state index in [2.05, 4.69) is 0 Å². The third-order valence-corrected chi connectivity index (χ3v) is 5.28. The molecule has 114 valence electrons. The summed E-state index contributed by atoms with van der Waals surface area (Å²) in [6.45, 7) is 6.10. The fraction of sp³-hybridized carbons (Fsp3) is 0.611. The summed E-state index contributed by atoms with van der Waals surface area (Å²) in [4.78, 5) is 14.7. The summed E-state index contributed by atoms with van der Waals surface area (Å²) >= 11 is 0. The molecule has 0 aromatic heterocycles. The molecule has 1 aliphatic heterocycles. The van der Waals surface area contributed by atoms with Gasteiger partial charge in [-0.1, -0.05) is 51.8 Å². The van der Waals surface area contributed by atoms with Gasteiger partial charge >= 0.3 is 0 Å². The molecule has 1 saturated carbocycles. The second-order valence-corrected chi connectivity index (χ2v) is 7.48. The lowest BCUT2D eigenvalue weighted by Crippen LogP contribution is -2.58. The van der Waals surface area contributed by atoms with Crippen molar-refractivity contribution < 1.29 is 9.90 Å². The van der Waals surface area contributed by atoms with E-state index >= 15 is 0 Å². The first kappa shape index (κ1) is 14.6. The van der Waals surface area contributed by atoms with Crippen LogP contribution in [0.15, 0.2) is 30.3 Å². The maximum absolute atomic E-state index is 13.0. The van der Waals surface area contributed by atoms with Gasteiger partial charge in [0, 0.05) is 22.9 Å². The molecule has 1 aromatic rings. The summed E-state index contributed by atoms with van der Waals surface area (Å²) in [6.07, 6.45) is 4.05. The Morgan fingerprint density at radius 2 is 1.76 bits per heavy atom. The third kappa shape index (κ3) is 2.02. The predicted octanol–water partition coefficient (Wildman–Crippen LogP) is 3.57.